The molecule has 0 aliphatic heterocycles. The zero-order chi connectivity index (χ0) is 11.2. The van der Waals surface area contributed by atoms with Crippen molar-refractivity contribution in [2.45, 2.75) is 42.2 Å². The van der Waals surface area contributed by atoms with Crippen molar-refractivity contribution >= 4 is 17.5 Å². The predicted octanol–water partition coefficient (Wildman–Crippen LogP) is 3.94. The van der Waals surface area contributed by atoms with Gasteiger partial charge in [0.1, 0.15) is 0 Å². The van der Waals surface area contributed by atoms with Crippen LogP contribution in [0.4, 0.5) is 0 Å². The topological polar surface area (TPSA) is 32.6 Å². The lowest BCUT2D eigenvalue weighted by Crippen LogP contribution is -2.15. The highest BCUT2D eigenvalue weighted by Gasteiger charge is 2.20. The number of benzene rings is 1. The molecule has 0 amide bonds. The molecule has 1 aromatic rings. The molecule has 1 aliphatic rings. The third-order valence-electron chi connectivity index (χ3n) is 2.92. The van der Waals surface area contributed by atoms with Crippen LogP contribution in [0.5, 0.6) is 0 Å². The standard InChI is InChI=1S/C13H17NOS/c15-14-12-9-5-2-6-10-13(12)16-11-7-3-1-4-8-11/h1,3-4,7-8,13,15H,2,5-6,9-10H2/b14-12+/t13-/m0/s1. The van der Waals surface area contributed by atoms with Gasteiger partial charge in [0.2, 0.25) is 0 Å². The minimum atomic E-state index is 0.356. The Morgan fingerprint density at radius 2 is 1.94 bits per heavy atom. The van der Waals surface area contributed by atoms with Gasteiger partial charge in [-0.25, -0.2) is 0 Å². The molecule has 1 aliphatic carbocycles. The summed E-state index contributed by atoms with van der Waals surface area (Å²) in [6, 6.07) is 10.4. The molecule has 1 aromatic carbocycles. The Hall–Kier alpha value is -0.960. The molecule has 1 N–H and O–H groups in total. The van der Waals surface area contributed by atoms with E-state index in [2.05, 4.69) is 29.4 Å². The van der Waals surface area contributed by atoms with Gasteiger partial charge in [0.25, 0.3) is 0 Å². The minimum absolute atomic E-state index is 0.356. The fourth-order valence-corrected chi connectivity index (χ4v) is 3.27. The van der Waals surface area contributed by atoms with Gasteiger partial charge in [-0.2, -0.15) is 0 Å². The third kappa shape index (κ3) is 3.01. The Kier molecular flexibility index (Phi) is 4.28. The maximum Gasteiger partial charge on any atom is 0.0704 e. The predicted molar refractivity (Wildman–Crippen MR) is 68.4 cm³/mol. The van der Waals surface area contributed by atoms with Crippen LogP contribution < -0.4 is 0 Å². The van der Waals surface area contributed by atoms with E-state index in [0.29, 0.717) is 5.25 Å². The first-order chi connectivity index (χ1) is 7.90. The molecule has 0 radical (unpaired) electrons. The van der Waals surface area contributed by atoms with Gasteiger partial charge in [-0.3, -0.25) is 0 Å². The number of nitrogens with zero attached hydrogens (tertiary/aromatic N) is 1. The molecule has 3 heteroatoms. The molecule has 0 aromatic heterocycles. The maximum atomic E-state index is 9.04. The summed E-state index contributed by atoms with van der Waals surface area (Å²) in [4.78, 5) is 1.26. The summed E-state index contributed by atoms with van der Waals surface area (Å²) in [5, 5.41) is 12.9. The molecule has 86 valence electrons. The van der Waals surface area contributed by atoms with Crippen molar-refractivity contribution in [2.75, 3.05) is 0 Å². The van der Waals surface area contributed by atoms with Crippen LogP contribution in [0.25, 0.3) is 0 Å². The Morgan fingerprint density at radius 1 is 1.12 bits per heavy atom. The van der Waals surface area contributed by atoms with Gasteiger partial charge in [0, 0.05) is 4.90 Å². The first-order valence-corrected chi connectivity index (χ1v) is 6.70. The van der Waals surface area contributed by atoms with E-state index in [1.807, 2.05) is 17.8 Å². The van der Waals surface area contributed by atoms with E-state index < -0.39 is 0 Å². The first kappa shape index (κ1) is 11.5. The molecule has 16 heavy (non-hydrogen) atoms. The van der Waals surface area contributed by atoms with E-state index in [-0.39, 0.29) is 0 Å². The molecule has 0 spiro atoms. The molecule has 0 heterocycles. The van der Waals surface area contributed by atoms with Crippen molar-refractivity contribution in [2.24, 2.45) is 5.16 Å². The van der Waals surface area contributed by atoms with Crippen LogP contribution in [0.15, 0.2) is 40.4 Å². The normalized spacial score (nSPS) is 24.2. The number of oxime groups is 1. The Bertz CT molecular complexity index is 350. The molecule has 2 nitrogen and oxygen atoms in total. The second-order valence-electron chi connectivity index (χ2n) is 4.11. The summed E-state index contributed by atoms with van der Waals surface area (Å²) >= 11 is 1.82. The summed E-state index contributed by atoms with van der Waals surface area (Å²) in [5.41, 5.74) is 0.964. The monoisotopic (exact) mass is 235 g/mol. The minimum Gasteiger partial charge on any atom is -0.411 e. The highest BCUT2D eigenvalue weighted by atomic mass is 32.2. The van der Waals surface area contributed by atoms with Crippen molar-refractivity contribution in [3.63, 3.8) is 0 Å². The van der Waals surface area contributed by atoms with E-state index in [1.165, 1.54) is 17.7 Å². The largest absolute Gasteiger partial charge is 0.411 e. The number of rotatable bonds is 2. The van der Waals surface area contributed by atoms with Gasteiger partial charge in [-0.05, 0) is 31.4 Å². The van der Waals surface area contributed by atoms with Crippen LogP contribution in [-0.4, -0.2) is 16.2 Å². The second kappa shape index (κ2) is 5.94. The van der Waals surface area contributed by atoms with Gasteiger partial charge in [-0.15, -0.1) is 11.8 Å². The van der Waals surface area contributed by atoms with Crippen molar-refractivity contribution in [3.8, 4) is 0 Å². The van der Waals surface area contributed by atoms with Crippen LogP contribution in [0, 0.1) is 0 Å². The lowest BCUT2D eigenvalue weighted by Gasteiger charge is -2.14. The number of hydrogen-bond donors (Lipinski definition) is 1. The second-order valence-corrected chi connectivity index (χ2v) is 5.39. The van der Waals surface area contributed by atoms with E-state index in [1.54, 1.807) is 0 Å². The summed E-state index contributed by atoms with van der Waals surface area (Å²) in [5.74, 6) is 0. The van der Waals surface area contributed by atoms with Crippen LogP contribution in [0.2, 0.25) is 0 Å². The highest BCUT2D eigenvalue weighted by molar-refractivity contribution is 8.00. The van der Waals surface area contributed by atoms with Crippen molar-refractivity contribution < 1.29 is 5.21 Å². The summed E-state index contributed by atoms with van der Waals surface area (Å²) < 4.78 is 0. The fraction of sp³-hybridized carbons (Fsp3) is 0.462. The van der Waals surface area contributed by atoms with Crippen LogP contribution in [0.1, 0.15) is 32.1 Å². The van der Waals surface area contributed by atoms with E-state index in [0.717, 1.165) is 25.0 Å². The number of thioether (sulfide) groups is 1. The van der Waals surface area contributed by atoms with E-state index in [9.17, 15) is 0 Å². The van der Waals surface area contributed by atoms with E-state index in [4.69, 9.17) is 5.21 Å². The highest BCUT2D eigenvalue weighted by Crippen LogP contribution is 2.31. The number of hydrogen-bond acceptors (Lipinski definition) is 3. The smallest absolute Gasteiger partial charge is 0.0704 e. The summed E-state index contributed by atoms with van der Waals surface area (Å²) in [6.07, 6.45) is 5.72. The summed E-state index contributed by atoms with van der Waals surface area (Å²) in [6.45, 7) is 0. The molecular weight excluding hydrogens is 218 g/mol. The average molecular weight is 235 g/mol. The quantitative estimate of drug-likeness (QED) is 0.478. The Morgan fingerprint density at radius 3 is 2.69 bits per heavy atom. The molecule has 0 unspecified atom stereocenters. The van der Waals surface area contributed by atoms with Gasteiger partial charge < -0.3 is 5.21 Å². The Labute approximate surface area is 101 Å². The van der Waals surface area contributed by atoms with Crippen molar-refractivity contribution in [1.29, 1.82) is 0 Å². The third-order valence-corrected chi connectivity index (χ3v) is 4.26. The molecule has 0 bridgehead atoms. The Balaban J connectivity index is 2.06. The zero-order valence-electron chi connectivity index (χ0n) is 9.30. The lowest BCUT2D eigenvalue weighted by atomic mass is 10.2. The molecule has 1 fully saturated rings. The van der Waals surface area contributed by atoms with Crippen molar-refractivity contribution in [1.82, 2.24) is 0 Å². The van der Waals surface area contributed by atoms with Crippen LogP contribution in [-0.2, 0) is 0 Å². The summed E-state index contributed by atoms with van der Waals surface area (Å²) in [7, 11) is 0. The average Bonchev–Trinajstić information content (AvgIpc) is 2.55. The van der Waals surface area contributed by atoms with Crippen molar-refractivity contribution in [3.05, 3.63) is 30.3 Å². The van der Waals surface area contributed by atoms with Crippen LogP contribution >= 0.6 is 11.8 Å². The van der Waals surface area contributed by atoms with E-state index >= 15 is 0 Å². The van der Waals surface area contributed by atoms with Gasteiger partial charge in [0.05, 0.1) is 11.0 Å². The van der Waals surface area contributed by atoms with Crippen LogP contribution in [0.3, 0.4) is 0 Å². The fourth-order valence-electron chi connectivity index (χ4n) is 2.04. The molecular formula is C13H17NOS. The molecule has 1 saturated carbocycles. The maximum absolute atomic E-state index is 9.04. The SMILES string of the molecule is O/N=C1\CCCCC[C@@H]1Sc1ccccc1. The molecule has 0 saturated heterocycles. The molecule has 1 atom stereocenters. The lowest BCUT2D eigenvalue weighted by molar-refractivity contribution is 0.316. The first-order valence-electron chi connectivity index (χ1n) is 5.82. The van der Waals surface area contributed by atoms with Gasteiger partial charge >= 0.3 is 0 Å². The van der Waals surface area contributed by atoms with Gasteiger partial charge in [0.15, 0.2) is 0 Å². The zero-order valence-corrected chi connectivity index (χ0v) is 10.1. The van der Waals surface area contributed by atoms with Gasteiger partial charge in [-0.1, -0.05) is 36.2 Å². The molecule has 2 rings (SSSR count).